The number of rotatable bonds is 7. The van der Waals surface area contributed by atoms with E-state index in [1.165, 1.54) is 5.56 Å². The van der Waals surface area contributed by atoms with Crippen LogP contribution in [0.2, 0.25) is 0 Å². The molecule has 1 heterocycles. The number of amides is 2. The molecule has 1 atom stereocenters. The molecule has 0 bridgehead atoms. The van der Waals surface area contributed by atoms with Gasteiger partial charge in [0.05, 0.1) is 12.6 Å². The minimum atomic E-state index is -0.0966. The first-order chi connectivity index (χ1) is 13.0. The van der Waals surface area contributed by atoms with Crippen molar-refractivity contribution in [3.05, 3.63) is 29.3 Å². The molecule has 1 aromatic rings. The number of para-hydroxylation sites is 1. The molecule has 1 aromatic carbocycles. The summed E-state index contributed by atoms with van der Waals surface area (Å²) in [4.78, 5) is 29.1. The van der Waals surface area contributed by atoms with E-state index >= 15 is 0 Å². The maximum atomic E-state index is 12.5. The molecule has 1 aliphatic heterocycles. The van der Waals surface area contributed by atoms with Gasteiger partial charge in [0.25, 0.3) is 0 Å². The summed E-state index contributed by atoms with van der Waals surface area (Å²) in [6.07, 6.45) is 3.13. The first-order valence-electron chi connectivity index (χ1n) is 10.1. The zero-order chi connectivity index (χ0) is 19.4. The minimum Gasteiger partial charge on any atom is -0.352 e. The van der Waals surface area contributed by atoms with E-state index < -0.39 is 0 Å². The highest BCUT2D eigenvalue weighted by Gasteiger charge is 2.30. The molecule has 0 radical (unpaired) electrons. The quantitative estimate of drug-likeness (QED) is 0.766. The molecule has 2 fully saturated rings. The van der Waals surface area contributed by atoms with Crippen LogP contribution in [-0.4, -0.2) is 66.4 Å². The number of hydrogen-bond donors (Lipinski definition) is 2. The highest BCUT2D eigenvalue weighted by Crippen LogP contribution is 2.21. The average molecular weight is 373 g/mol. The Morgan fingerprint density at radius 2 is 1.89 bits per heavy atom. The van der Waals surface area contributed by atoms with E-state index in [1.807, 2.05) is 26.0 Å². The molecule has 6 heteroatoms. The smallest absolute Gasteiger partial charge is 0.238 e. The fraction of sp³-hybridized carbons (Fsp3) is 0.619. The summed E-state index contributed by atoms with van der Waals surface area (Å²) < 4.78 is 0. The number of benzene rings is 1. The molecular formula is C21H32N4O2. The molecule has 27 heavy (non-hydrogen) atoms. The van der Waals surface area contributed by atoms with E-state index in [1.54, 1.807) is 0 Å². The Balaban J connectivity index is 1.46. The molecule has 6 nitrogen and oxygen atoms in total. The topological polar surface area (TPSA) is 64.7 Å². The van der Waals surface area contributed by atoms with Gasteiger partial charge in [-0.3, -0.25) is 19.4 Å². The van der Waals surface area contributed by atoms with Crippen molar-refractivity contribution >= 4 is 17.5 Å². The van der Waals surface area contributed by atoms with Crippen LogP contribution < -0.4 is 10.6 Å². The van der Waals surface area contributed by atoms with Crippen LogP contribution in [0.15, 0.2) is 18.2 Å². The summed E-state index contributed by atoms with van der Waals surface area (Å²) in [6.45, 7) is 9.75. The Kier molecular flexibility index (Phi) is 6.50. The normalized spacial score (nSPS) is 19.5. The molecule has 2 N–H and O–H groups in total. The molecule has 0 spiro atoms. The van der Waals surface area contributed by atoms with Crippen molar-refractivity contribution in [2.24, 2.45) is 0 Å². The van der Waals surface area contributed by atoms with E-state index in [9.17, 15) is 9.59 Å². The van der Waals surface area contributed by atoms with Crippen LogP contribution in [0.4, 0.5) is 5.69 Å². The second-order valence-electron chi connectivity index (χ2n) is 7.78. The summed E-state index contributed by atoms with van der Waals surface area (Å²) in [5.74, 6) is 0.169. The number of nitrogens with zero attached hydrogens (tertiary/aromatic N) is 2. The van der Waals surface area contributed by atoms with Crippen molar-refractivity contribution < 1.29 is 9.59 Å². The SMILES string of the molecule is CCc1cccc(C)c1NC(=O)CN1CCN(C(C)C(=O)NC2CC2)CC1. The minimum absolute atomic E-state index is 0.0342. The second-order valence-corrected chi connectivity index (χ2v) is 7.78. The van der Waals surface area contributed by atoms with Crippen LogP contribution in [0.3, 0.4) is 0 Å². The molecule has 1 unspecified atom stereocenters. The molecule has 148 valence electrons. The van der Waals surface area contributed by atoms with E-state index in [0.717, 1.165) is 56.7 Å². The van der Waals surface area contributed by atoms with Crippen molar-refractivity contribution in [1.29, 1.82) is 0 Å². The Bertz CT molecular complexity index is 679. The Hall–Kier alpha value is -1.92. The molecule has 3 rings (SSSR count). The van der Waals surface area contributed by atoms with E-state index in [2.05, 4.69) is 33.4 Å². The van der Waals surface area contributed by atoms with Gasteiger partial charge >= 0.3 is 0 Å². The average Bonchev–Trinajstić information content (AvgIpc) is 3.47. The summed E-state index contributed by atoms with van der Waals surface area (Å²) in [5, 5.41) is 6.18. The summed E-state index contributed by atoms with van der Waals surface area (Å²) >= 11 is 0. The van der Waals surface area contributed by atoms with Gasteiger partial charge in [-0.15, -0.1) is 0 Å². The van der Waals surface area contributed by atoms with Crippen molar-refractivity contribution in [3.63, 3.8) is 0 Å². The van der Waals surface area contributed by atoms with Crippen LogP contribution in [0.5, 0.6) is 0 Å². The third kappa shape index (κ3) is 5.30. The lowest BCUT2D eigenvalue weighted by atomic mass is 10.1. The predicted octanol–water partition coefficient (Wildman–Crippen LogP) is 1.78. The number of hydrogen-bond acceptors (Lipinski definition) is 4. The van der Waals surface area contributed by atoms with Gasteiger partial charge in [0.15, 0.2) is 0 Å². The Morgan fingerprint density at radius 1 is 1.19 bits per heavy atom. The van der Waals surface area contributed by atoms with Crippen LogP contribution in [0.25, 0.3) is 0 Å². The molecular weight excluding hydrogens is 340 g/mol. The lowest BCUT2D eigenvalue weighted by Crippen LogP contribution is -2.55. The van der Waals surface area contributed by atoms with Gasteiger partial charge in [-0.1, -0.05) is 25.1 Å². The lowest BCUT2D eigenvalue weighted by molar-refractivity contribution is -0.127. The zero-order valence-electron chi connectivity index (χ0n) is 16.8. The molecule has 2 aliphatic rings. The van der Waals surface area contributed by atoms with Gasteiger partial charge < -0.3 is 10.6 Å². The third-order valence-corrected chi connectivity index (χ3v) is 5.63. The number of nitrogens with one attached hydrogen (secondary N) is 2. The number of anilines is 1. The largest absolute Gasteiger partial charge is 0.352 e. The van der Waals surface area contributed by atoms with Gasteiger partial charge in [-0.25, -0.2) is 0 Å². The Morgan fingerprint density at radius 3 is 2.52 bits per heavy atom. The van der Waals surface area contributed by atoms with E-state index in [-0.39, 0.29) is 17.9 Å². The number of carbonyl (C=O) groups is 2. The highest BCUT2D eigenvalue weighted by atomic mass is 16.2. The summed E-state index contributed by atoms with van der Waals surface area (Å²) in [7, 11) is 0. The fourth-order valence-corrected chi connectivity index (χ4v) is 3.61. The first-order valence-corrected chi connectivity index (χ1v) is 10.1. The molecule has 1 aliphatic carbocycles. The molecule has 0 aromatic heterocycles. The van der Waals surface area contributed by atoms with E-state index in [0.29, 0.717) is 12.6 Å². The number of aryl methyl sites for hydroxylation is 2. The number of carbonyl (C=O) groups excluding carboxylic acids is 2. The van der Waals surface area contributed by atoms with Gasteiger partial charge in [-0.2, -0.15) is 0 Å². The molecule has 1 saturated carbocycles. The van der Waals surface area contributed by atoms with Crippen molar-refractivity contribution in [1.82, 2.24) is 15.1 Å². The monoisotopic (exact) mass is 372 g/mol. The van der Waals surface area contributed by atoms with Crippen molar-refractivity contribution in [2.75, 3.05) is 38.0 Å². The lowest BCUT2D eigenvalue weighted by Gasteiger charge is -2.37. The highest BCUT2D eigenvalue weighted by molar-refractivity contribution is 5.93. The van der Waals surface area contributed by atoms with Gasteiger partial charge in [0.1, 0.15) is 0 Å². The van der Waals surface area contributed by atoms with Crippen LogP contribution in [0.1, 0.15) is 37.8 Å². The van der Waals surface area contributed by atoms with Crippen molar-refractivity contribution in [3.8, 4) is 0 Å². The predicted molar refractivity (Wildman–Crippen MR) is 108 cm³/mol. The van der Waals surface area contributed by atoms with Crippen LogP contribution in [-0.2, 0) is 16.0 Å². The standard InChI is InChI=1S/C21H32N4O2/c1-4-17-7-5-6-15(2)20(17)23-19(26)14-24-10-12-25(13-11-24)16(3)21(27)22-18-8-9-18/h5-7,16,18H,4,8-14H2,1-3H3,(H,22,27)(H,23,26). The maximum absolute atomic E-state index is 12.5. The third-order valence-electron chi connectivity index (χ3n) is 5.63. The van der Waals surface area contributed by atoms with Crippen LogP contribution in [0, 0.1) is 6.92 Å². The maximum Gasteiger partial charge on any atom is 0.238 e. The summed E-state index contributed by atoms with van der Waals surface area (Å²) in [5.41, 5.74) is 3.22. The van der Waals surface area contributed by atoms with Crippen LogP contribution >= 0.6 is 0 Å². The molecule has 1 saturated heterocycles. The van der Waals surface area contributed by atoms with Gasteiger partial charge in [0.2, 0.25) is 11.8 Å². The fourth-order valence-electron chi connectivity index (χ4n) is 3.61. The van der Waals surface area contributed by atoms with Gasteiger partial charge in [-0.05, 0) is 44.2 Å². The second kappa shape index (κ2) is 8.85. The van der Waals surface area contributed by atoms with Gasteiger partial charge in [0, 0.05) is 37.9 Å². The van der Waals surface area contributed by atoms with Crippen molar-refractivity contribution in [2.45, 2.75) is 52.1 Å². The van der Waals surface area contributed by atoms with E-state index in [4.69, 9.17) is 0 Å². The number of piperazine rings is 1. The first kappa shape index (κ1) is 19.8. The Labute approximate surface area is 162 Å². The zero-order valence-corrected chi connectivity index (χ0v) is 16.8. The summed E-state index contributed by atoms with van der Waals surface area (Å²) in [6, 6.07) is 6.43. The molecule has 2 amide bonds.